The molecule has 1 aliphatic rings. The molecule has 0 spiro atoms. The van der Waals surface area contributed by atoms with Crippen LogP contribution >= 0.6 is 0 Å². The van der Waals surface area contributed by atoms with E-state index in [4.69, 9.17) is 14.3 Å². The molecule has 1 fully saturated rings. The molecule has 1 heterocycles. The second-order valence-electron chi connectivity index (χ2n) is 7.47. The average molecular weight is 420 g/mol. The summed E-state index contributed by atoms with van der Waals surface area (Å²) < 4.78 is 10.1. The van der Waals surface area contributed by atoms with Gasteiger partial charge in [0.15, 0.2) is 0 Å². The Bertz CT molecular complexity index is 760. The quantitative estimate of drug-likeness (QED) is 0.416. The minimum Gasteiger partial charge on any atom is -0.497 e. The van der Waals surface area contributed by atoms with E-state index in [2.05, 4.69) is 0 Å². The van der Waals surface area contributed by atoms with Crippen molar-refractivity contribution in [1.29, 1.82) is 0 Å². The summed E-state index contributed by atoms with van der Waals surface area (Å²) in [4.78, 5) is 55.0. The Hall–Kier alpha value is -2.94. The van der Waals surface area contributed by atoms with Gasteiger partial charge in [-0.2, -0.15) is 0 Å². The molecule has 1 aliphatic heterocycles. The molecular weight excluding hydrogens is 392 g/mol. The number of hydrogen-bond acceptors (Lipinski definition) is 8. The van der Waals surface area contributed by atoms with E-state index in [1.807, 2.05) is 26.0 Å². The molecule has 2 amide bonds. The first-order chi connectivity index (χ1) is 14.2. The maximum absolute atomic E-state index is 12.5. The van der Waals surface area contributed by atoms with Crippen LogP contribution in [0.1, 0.15) is 38.7 Å². The second-order valence-corrected chi connectivity index (χ2v) is 7.47. The molecule has 0 unspecified atom stereocenters. The Kier molecular flexibility index (Phi) is 8.35. The zero-order valence-corrected chi connectivity index (χ0v) is 17.8. The van der Waals surface area contributed by atoms with Gasteiger partial charge in [-0.1, -0.05) is 26.0 Å². The van der Waals surface area contributed by atoms with Crippen LogP contribution in [0.25, 0.3) is 0 Å². The molecule has 0 aliphatic carbocycles. The van der Waals surface area contributed by atoms with E-state index >= 15 is 0 Å². The van der Waals surface area contributed by atoms with Crippen LogP contribution in [0.3, 0.4) is 0 Å². The topological polar surface area (TPSA) is 102 Å². The lowest BCUT2D eigenvalue weighted by atomic mass is 10.0. The maximum Gasteiger partial charge on any atom is 0.347 e. The number of benzene rings is 1. The van der Waals surface area contributed by atoms with Gasteiger partial charge in [0.25, 0.3) is 11.8 Å². The number of ether oxygens (including phenoxy) is 2. The van der Waals surface area contributed by atoms with Crippen molar-refractivity contribution in [2.75, 3.05) is 20.8 Å². The normalized spacial score (nSPS) is 14.9. The van der Waals surface area contributed by atoms with Crippen LogP contribution in [-0.4, -0.2) is 60.5 Å². The highest BCUT2D eigenvalue weighted by molar-refractivity contribution is 6.01. The van der Waals surface area contributed by atoms with Crippen molar-refractivity contribution in [3.8, 4) is 5.75 Å². The first-order valence-corrected chi connectivity index (χ1v) is 9.76. The van der Waals surface area contributed by atoms with Crippen molar-refractivity contribution < 1.29 is 33.5 Å². The smallest absolute Gasteiger partial charge is 0.347 e. The molecule has 1 aromatic rings. The number of rotatable bonds is 10. The number of imide groups is 1. The highest BCUT2D eigenvalue weighted by Gasteiger charge is 2.35. The van der Waals surface area contributed by atoms with E-state index in [9.17, 15) is 19.2 Å². The molecule has 1 aromatic carbocycles. The van der Waals surface area contributed by atoms with Gasteiger partial charge < -0.3 is 14.3 Å². The number of hydroxylamine groups is 2. The Balaban J connectivity index is 2.21. The summed E-state index contributed by atoms with van der Waals surface area (Å²) >= 11 is 0. The zero-order valence-electron chi connectivity index (χ0n) is 17.8. The molecule has 1 saturated heterocycles. The fourth-order valence-corrected chi connectivity index (χ4v) is 3.17. The average Bonchev–Trinajstić information content (AvgIpc) is 3.03. The fourth-order valence-electron chi connectivity index (χ4n) is 3.17. The predicted octanol–water partition coefficient (Wildman–Crippen LogP) is 1.69. The predicted molar refractivity (Wildman–Crippen MR) is 106 cm³/mol. The van der Waals surface area contributed by atoms with Gasteiger partial charge in [0.2, 0.25) is 0 Å². The lowest BCUT2D eigenvalue weighted by Crippen LogP contribution is -2.46. The zero-order chi connectivity index (χ0) is 22.3. The SMILES string of the molecule is COC(=O)[C@H](CC(C)C)N(CC(=O)ON1C(=O)CCC1=O)Cc1ccc(OC)cc1. The lowest BCUT2D eigenvalue weighted by molar-refractivity contribution is -0.198. The molecule has 164 valence electrons. The number of carbonyl (C=O) groups excluding carboxylic acids is 4. The fraction of sp³-hybridized carbons (Fsp3) is 0.524. The van der Waals surface area contributed by atoms with Crippen molar-refractivity contribution in [3.05, 3.63) is 29.8 Å². The third kappa shape index (κ3) is 6.28. The molecular formula is C21H28N2O7. The van der Waals surface area contributed by atoms with Crippen LogP contribution in [0.15, 0.2) is 24.3 Å². The summed E-state index contributed by atoms with van der Waals surface area (Å²) in [6.45, 7) is 3.88. The van der Waals surface area contributed by atoms with Crippen LogP contribution in [0, 0.1) is 5.92 Å². The van der Waals surface area contributed by atoms with E-state index in [1.54, 1.807) is 24.1 Å². The van der Waals surface area contributed by atoms with E-state index in [0.29, 0.717) is 17.2 Å². The minimum absolute atomic E-state index is 0.0137. The summed E-state index contributed by atoms with van der Waals surface area (Å²) in [5.41, 5.74) is 0.842. The van der Waals surface area contributed by atoms with Crippen molar-refractivity contribution in [2.45, 2.75) is 45.7 Å². The molecule has 1 atom stereocenters. The molecule has 0 radical (unpaired) electrons. The second kappa shape index (κ2) is 10.7. The molecule has 0 aromatic heterocycles. The van der Waals surface area contributed by atoms with Gasteiger partial charge in [-0.05, 0) is 30.0 Å². The van der Waals surface area contributed by atoms with Crippen LogP contribution in [0.5, 0.6) is 5.75 Å². The van der Waals surface area contributed by atoms with E-state index in [-0.39, 0.29) is 31.8 Å². The van der Waals surface area contributed by atoms with Crippen molar-refractivity contribution >= 4 is 23.8 Å². The van der Waals surface area contributed by atoms with Crippen LogP contribution in [0.4, 0.5) is 0 Å². The lowest BCUT2D eigenvalue weighted by Gasteiger charge is -2.30. The Morgan fingerprint density at radius 2 is 1.67 bits per heavy atom. The summed E-state index contributed by atoms with van der Waals surface area (Å²) in [5.74, 6) is -1.54. The van der Waals surface area contributed by atoms with Gasteiger partial charge >= 0.3 is 11.9 Å². The van der Waals surface area contributed by atoms with Crippen LogP contribution in [-0.2, 0) is 35.3 Å². The number of hydrogen-bond donors (Lipinski definition) is 0. The van der Waals surface area contributed by atoms with E-state index < -0.39 is 29.8 Å². The van der Waals surface area contributed by atoms with Crippen LogP contribution < -0.4 is 4.74 Å². The Morgan fingerprint density at radius 3 is 2.17 bits per heavy atom. The van der Waals surface area contributed by atoms with Crippen molar-refractivity contribution in [3.63, 3.8) is 0 Å². The molecule has 30 heavy (non-hydrogen) atoms. The number of methoxy groups -OCH3 is 2. The number of carbonyl (C=O) groups is 4. The summed E-state index contributed by atoms with van der Waals surface area (Å²) in [5, 5.41) is 0.503. The molecule has 0 saturated carbocycles. The summed E-state index contributed by atoms with van der Waals surface area (Å²) in [6, 6.07) is 6.52. The van der Waals surface area contributed by atoms with Gasteiger partial charge in [0.1, 0.15) is 18.3 Å². The van der Waals surface area contributed by atoms with E-state index in [0.717, 1.165) is 5.56 Å². The van der Waals surface area contributed by atoms with Crippen molar-refractivity contribution in [2.24, 2.45) is 5.92 Å². The minimum atomic E-state index is -0.801. The highest BCUT2D eigenvalue weighted by atomic mass is 16.7. The van der Waals surface area contributed by atoms with Gasteiger partial charge in [-0.15, -0.1) is 5.06 Å². The van der Waals surface area contributed by atoms with Gasteiger partial charge in [0, 0.05) is 19.4 Å². The highest BCUT2D eigenvalue weighted by Crippen LogP contribution is 2.19. The standard InChI is InChI=1S/C21H28N2O7/c1-14(2)11-17(21(27)29-4)22(12-15-5-7-16(28-3)8-6-15)13-20(26)30-23-18(24)9-10-19(23)25/h5-8,14,17H,9-13H2,1-4H3/t17-/m0/s1. The largest absolute Gasteiger partial charge is 0.497 e. The molecule has 2 rings (SSSR count). The van der Waals surface area contributed by atoms with Gasteiger partial charge in [0.05, 0.1) is 14.2 Å². The van der Waals surface area contributed by atoms with Gasteiger partial charge in [-0.3, -0.25) is 19.3 Å². The van der Waals surface area contributed by atoms with Gasteiger partial charge in [-0.25, -0.2) is 4.79 Å². The summed E-state index contributed by atoms with van der Waals surface area (Å²) in [6.07, 6.45) is 0.483. The summed E-state index contributed by atoms with van der Waals surface area (Å²) in [7, 11) is 2.86. The number of esters is 1. The van der Waals surface area contributed by atoms with Crippen molar-refractivity contribution in [1.82, 2.24) is 9.96 Å². The number of nitrogens with zero attached hydrogens (tertiary/aromatic N) is 2. The maximum atomic E-state index is 12.5. The first-order valence-electron chi connectivity index (χ1n) is 9.76. The monoisotopic (exact) mass is 420 g/mol. The molecule has 9 nitrogen and oxygen atoms in total. The van der Waals surface area contributed by atoms with Crippen LogP contribution in [0.2, 0.25) is 0 Å². The third-order valence-electron chi connectivity index (χ3n) is 4.68. The van der Waals surface area contributed by atoms with E-state index in [1.165, 1.54) is 7.11 Å². The third-order valence-corrected chi connectivity index (χ3v) is 4.68. The molecule has 9 heteroatoms. The molecule has 0 bridgehead atoms. The Labute approximate surface area is 175 Å². The Morgan fingerprint density at radius 1 is 1.07 bits per heavy atom. The molecule has 0 N–H and O–H groups in total. The first kappa shape index (κ1) is 23.3. The number of amides is 2.